The number of rotatable bonds is 4. The fourth-order valence-electron chi connectivity index (χ4n) is 2.44. The Morgan fingerprint density at radius 2 is 1.68 bits per heavy atom. The molecule has 2 N–H and O–H groups in total. The third kappa shape index (κ3) is 3.20. The van der Waals surface area contributed by atoms with Gasteiger partial charge in [0, 0.05) is 11.6 Å². The maximum atomic E-state index is 13.7. The highest BCUT2D eigenvalue weighted by Crippen LogP contribution is 2.24. The fraction of sp³-hybridized carbons (Fsp3) is 0. The van der Waals surface area contributed by atoms with Gasteiger partial charge in [-0.25, -0.2) is 4.39 Å². The Hall–Kier alpha value is -3.61. The molecule has 0 atom stereocenters. The highest BCUT2D eigenvalue weighted by atomic mass is 19.1. The maximum absolute atomic E-state index is 13.7. The fourth-order valence-corrected chi connectivity index (χ4v) is 2.44. The molecule has 0 saturated heterocycles. The minimum atomic E-state index is -0.367. The Morgan fingerprint density at radius 3 is 2.60 bits per heavy atom. The first-order chi connectivity index (χ1) is 12.3. The van der Waals surface area contributed by atoms with E-state index in [0.717, 1.165) is 16.6 Å². The summed E-state index contributed by atoms with van der Waals surface area (Å²) in [5, 5.41) is 14.9. The van der Waals surface area contributed by atoms with Crippen LogP contribution in [-0.4, -0.2) is 20.2 Å². The number of aromatic nitrogens is 4. The molecular formula is C18H13FN6. The predicted octanol–water partition coefficient (Wildman–Crippen LogP) is 4.05. The summed E-state index contributed by atoms with van der Waals surface area (Å²) in [6, 6.07) is 16.0. The van der Waals surface area contributed by atoms with E-state index in [2.05, 4.69) is 30.8 Å². The second kappa shape index (κ2) is 6.48. The first-order valence-corrected chi connectivity index (χ1v) is 7.62. The lowest BCUT2D eigenvalue weighted by Gasteiger charge is -2.09. The molecule has 0 saturated carbocycles. The lowest BCUT2D eigenvalue weighted by molar-refractivity contribution is 0.632. The van der Waals surface area contributed by atoms with Crippen LogP contribution in [0.15, 0.2) is 67.0 Å². The molecule has 0 bridgehead atoms. The van der Waals surface area contributed by atoms with Crippen molar-refractivity contribution in [1.82, 2.24) is 20.2 Å². The molecule has 0 aliphatic rings. The number of hydrogen-bond acceptors (Lipinski definition) is 6. The normalized spacial score (nSPS) is 10.6. The molecule has 6 nitrogen and oxygen atoms in total. The van der Waals surface area contributed by atoms with Crippen molar-refractivity contribution in [3.05, 3.63) is 72.8 Å². The Bertz CT molecular complexity index is 1030. The van der Waals surface area contributed by atoms with Gasteiger partial charge in [0.25, 0.3) is 0 Å². The minimum Gasteiger partial charge on any atom is -0.336 e. The zero-order chi connectivity index (χ0) is 17.1. The van der Waals surface area contributed by atoms with E-state index in [-0.39, 0.29) is 5.82 Å². The van der Waals surface area contributed by atoms with E-state index < -0.39 is 0 Å². The Kier molecular flexibility index (Phi) is 3.88. The third-order valence-electron chi connectivity index (χ3n) is 3.57. The van der Waals surface area contributed by atoms with Crippen LogP contribution in [0.5, 0.6) is 0 Å². The van der Waals surface area contributed by atoms with Gasteiger partial charge in [0.1, 0.15) is 5.82 Å². The molecule has 7 heteroatoms. The molecule has 2 heterocycles. The second-order valence-electron chi connectivity index (χ2n) is 5.28. The first-order valence-electron chi connectivity index (χ1n) is 7.62. The van der Waals surface area contributed by atoms with Gasteiger partial charge < -0.3 is 10.6 Å². The van der Waals surface area contributed by atoms with E-state index in [1.54, 1.807) is 24.4 Å². The van der Waals surface area contributed by atoms with E-state index in [0.29, 0.717) is 17.5 Å². The molecule has 2 aromatic carbocycles. The topological polar surface area (TPSA) is 75.6 Å². The lowest BCUT2D eigenvalue weighted by atomic mass is 10.2. The van der Waals surface area contributed by atoms with Gasteiger partial charge in [-0.05, 0) is 24.3 Å². The molecule has 4 rings (SSSR count). The monoisotopic (exact) mass is 332 g/mol. The van der Waals surface area contributed by atoms with Gasteiger partial charge in [-0.2, -0.15) is 10.1 Å². The number of pyridine rings is 1. The summed E-state index contributed by atoms with van der Waals surface area (Å²) in [6.07, 6.45) is 3.15. The van der Waals surface area contributed by atoms with Gasteiger partial charge in [0.05, 0.1) is 23.1 Å². The number of anilines is 4. The zero-order valence-corrected chi connectivity index (χ0v) is 13.0. The van der Waals surface area contributed by atoms with Crippen molar-refractivity contribution in [2.45, 2.75) is 0 Å². The van der Waals surface area contributed by atoms with Crippen molar-refractivity contribution in [2.24, 2.45) is 0 Å². The van der Waals surface area contributed by atoms with Crippen LogP contribution >= 0.6 is 0 Å². The molecule has 2 aromatic heterocycles. The maximum Gasteiger partial charge on any atom is 0.249 e. The van der Waals surface area contributed by atoms with Crippen molar-refractivity contribution in [2.75, 3.05) is 10.6 Å². The van der Waals surface area contributed by atoms with Crippen LogP contribution in [0.4, 0.5) is 27.5 Å². The highest BCUT2D eigenvalue weighted by Gasteiger charge is 2.07. The summed E-state index contributed by atoms with van der Waals surface area (Å²) >= 11 is 0. The van der Waals surface area contributed by atoms with E-state index >= 15 is 0 Å². The van der Waals surface area contributed by atoms with Gasteiger partial charge in [0.15, 0.2) is 5.82 Å². The van der Waals surface area contributed by atoms with Gasteiger partial charge in [-0.15, -0.1) is 5.10 Å². The zero-order valence-electron chi connectivity index (χ0n) is 13.0. The van der Waals surface area contributed by atoms with E-state index in [1.165, 1.54) is 12.3 Å². The van der Waals surface area contributed by atoms with E-state index in [9.17, 15) is 4.39 Å². The molecular weight excluding hydrogens is 319 g/mol. The number of hydrogen-bond donors (Lipinski definition) is 2. The summed E-state index contributed by atoms with van der Waals surface area (Å²) in [5.41, 5.74) is 1.89. The van der Waals surface area contributed by atoms with E-state index in [1.807, 2.05) is 30.3 Å². The van der Waals surface area contributed by atoms with Crippen molar-refractivity contribution in [3.8, 4) is 0 Å². The van der Waals surface area contributed by atoms with Gasteiger partial charge in [0.2, 0.25) is 5.95 Å². The van der Waals surface area contributed by atoms with Crippen molar-refractivity contribution < 1.29 is 4.39 Å². The highest BCUT2D eigenvalue weighted by molar-refractivity contribution is 5.91. The molecule has 0 aliphatic heterocycles. The van der Waals surface area contributed by atoms with Crippen LogP contribution in [0, 0.1) is 5.82 Å². The number of fused-ring (bicyclic) bond motifs is 1. The number of benzene rings is 2. The SMILES string of the molecule is Fc1ccccc1Nc1cnnc(Nc2cccc3cccnc23)n1. The van der Waals surface area contributed by atoms with Crippen molar-refractivity contribution in [1.29, 1.82) is 0 Å². The standard InChI is InChI=1S/C18H13FN6/c19-13-7-1-2-8-14(13)22-16-11-21-25-18(24-16)23-15-9-3-5-12-6-4-10-20-17(12)15/h1-11H,(H2,22,23,24,25). The molecule has 122 valence electrons. The number of para-hydroxylation sites is 2. The summed E-state index contributed by atoms with van der Waals surface area (Å²) in [4.78, 5) is 8.70. The summed E-state index contributed by atoms with van der Waals surface area (Å²) in [7, 11) is 0. The van der Waals surface area contributed by atoms with Crippen LogP contribution in [0.3, 0.4) is 0 Å². The Balaban J connectivity index is 1.62. The van der Waals surface area contributed by atoms with Crippen LogP contribution in [-0.2, 0) is 0 Å². The van der Waals surface area contributed by atoms with Gasteiger partial charge in [-0.3, -0.25) is 4.98 Å². The third-order valence-corrected chi connectivity index (χ3v) is 3.57. The van der Waals surface area contributed by atoms with Gasteiger partial charge in [-0.1, -0.05) is 30.3 Å². The number of nitrogens with one attached hydrogen (secondary N) is 2. The molecule has 4 aromatic rings. The average molecular weight is 332 g/mol. The molecule has 0 unspecified atom stereocenters. The molecule has 0 fully saturated rings. The summed E-state index contributed by atoms with van der Waals surface area (Å²) < 4.78 is 13.7. The van der Waals surface area contributed by atoms with Gasteiger partial charge >= 0.3 is 0 Å². The molecule has 0 radical (unpaired) electrons. The summed E-state index contributed by atoms with van der Waals surface area (Å²) in [5.74, 6) is 0.309. The molecule has 0 aliphatic carbocycles. The van der Waals surface area contributed by atoms with Crippen molar-refractivity contribution in [3.63, 3.8) is 0 Å². The second-order valence-corrected chi connectivity index (χ2v) is 5.28. The van der Waals surface area contributed by atoms with Crippen LogP contribution in [0.25, 0.3) is 10.9 Å². The van der Waals surface area contributed by atoms with E-state index in [4.69, 9.17) is 0 Å². The average Bonchev–Trinajstić information content (AvgIpc) is 2.64. The Morgan fingerprint density at radius 1 is 0.840 bits per heavy atom. The molecule has 0 amide bonds. The van der Waals surface area contributed by atoms with Crippen LogP contribution in [0.2, 0.25) is 0 Å². The largest absolute Gasteiger partial charge is 0.336 e. The minimum absolute atomic E-state index is 0.291. The molecule has 25 heavy (non-hydrogen) atoms. The van der Waals surface area contributed by atoms with Crippen LogP contribution in [0.1, 0.15) is 0 Å². The summed E-state index contributed by atoms with van der Waals surface area (Å²) in [6.45, 7) is 0. The molecule has 0 spiro atoms. The smallest absolute Gasteiger partial charge is 0.249 e. The number of nitrogens with zero attached hydrogens (tertiary/aromatic N) is 4. The van der Waals surface area contributed by atoms with Crippen LogP contribution < -0.4 is 10.6 Å². The first kappa shape index (κ1) is 14.9. The number of halogens is 1. The Labute approximate surface area is 142 Å². The predicted molar refractivity (Wildman–Crippen MR) is 94.5 cm³/mol. The lowest BCUT2D eigenvalue weighted by Crippen LogP contribution is -2.03. The van der Waals surface area contributed by atoms with Crippen molar-refractivity contribution >= 4 is 34.0 Å². The quantitative estimate of drug-likeness (QED) is 0.587.